The highest BCUT2D eigenvalue weighted by molar-refractivity contribution is 5.63. The quantitative estimate of drug-likeness (QED) is 0.777. The lowest BCUT2D eigenvalue weighted by Crippen LogP contribution is -2.39. The maximum atomic E-state index is 9.34. The van der Waals surface area contributed by atoms with Crippen molar-refractivity contribution in [2.45, 2.75) is 25.4 Å². The molecule has 0 fully saturated rings. The Morgan fingerprint density at radius 3 is 2.77 bits per heavy atom. The molecule has 2 heterocycles. The summed E-state index contributed by atoms with van der Waals surface area (Å²) in [6.07, 6.45) is 1.78. The van der Waals surface area contributed by atoms with Crippen molar-refractivity contribution in [2.75, 3.05) is 20.8 Å². The molecular weight excluding hydrogens is 326 g/mol. The number of benzene rings is 2. The molecule has 0 spiro atoms. The molecule has 0 amide bonds. The number of ether oxygens (including phenoxy) is 2. The Balaban J connectivity index is 1.79. The zero-order valence-electron chi connectivity index (χ0n) is 14.9. The van der Waals surface area contributed by atoms with E-state index in [2.05, 4.69) is 15.8 Å². The fourth-order valence-corrected chi connectivity index (χ4v) is 4.21. The van der Waals surface area contributed by atoms with Crippen molar-refractivity contribution in [3.05, 3.63) is 63.5 Å². The van der Waals surface area contributed by atoms with Crippen LogP contribution in [0.1, 0.15) is 33.9 Å². The van der Waals surface area contributed by atoms with Gasteiger partial charge in [-0.25, -0.2) is 4.85 Å². The third-order valence-electron chi connectivity index (χ3n) is 5.49. The predicted molar refractivity (Wildman–Crippen MR) is 97.5 cm³/mol. The summed E-state index contributed by atoms with van der Waals surface area (Å²) in [5.74, 6) is 1.36. The van der Waals surface area contributed by atoms with Gasteiger partial charge in [0.05, 0.1) is 26.4 Å². The molecule has 2 aliphatic rings. The molecule has 0 aliphatic carbocycles. The minimum atomic E-state index is 0.246. The van der Waals surface area contributed by atoms with E-state index >= 15 is 0 Å². The first-order valence-electron chi connectivity index (χ1n) is 8.61. The highest BCUT2D eigenvalue weighted by Gasteiger charge is 2.34. The van der Waals surface area contributed by atoms with Crippen LogP contribution in [0.3, 0.4) is 0 Å². The predicted octanol–water partition coefficient (Wildman–Crippen LogP) is 3.78. The van der Waals surface area contributed by atoms with E-state index in [0.29, 0.717) is 22.7 Å². The van der Waals surface area contributed by atoms with E-state index in [1.807, 2.05) is 24.3 Å². The number of hydrogen-bond acceptors (Lipinski definition) is 4. The minimum absolute atomic E-state index is 0.246. The smallest absolute Gasteiger partial charge is 0.228 e. The van der Waals surface area contributed by atoms with Crippen LogP contribution in [0.2, 0.25) is 0 Å². The number of methoxy groups -OCH3 is 2. The molecule has 130 valence electrons. The van der Waals surface area contributed by atoms with Crippen molar-refractivity contribution >= 4 is 5.69 Å². The minimum Gasteiger partial charge on any atom is -0.508 e. The van der Waals surface area contributed by atoms with E-state index in [4.69, 9.17) is 16.0 Å². The van der Waals surface area contributed by atoms with Gasteiger partial charge in [0.15, 0.2) is 0 Å². The molecule has 4 rings (SSSR count). The third kappa shape index (κ3) is 2.41. The van der Waals surface area contributed by atoms with Crippen LogP contribution in [0.4, 0.5) is 5.69 Å². The molecule has 5 nitrogen and oxygen atoms in total. The van der Waals surface area contributed by atoms with Gasteiger partial charge < -0.3 is 9.47 Å². The van der Waals surface area contributed by atoms with Crippen LogP contribution in [0.15, 0.2) is 24.3 Å². The Morgan fingerprint density at radius 2 is 2.08 bits per heavy atom. The molecular formula is C21H19N3O2. The summed E-state index contributed by atoms with van der Waals surface area (Å²) in [7, 11) is 3.24. The molecule has 0 N–H and O–H groups in total. The van der Waals surface area contributed by atoms with E-state index in [0.717, 1.165) is 31.5 Å². The van der Waals surface area contributed by atoms with Crippen molar-refractivity contribution in [1.29, 1.82) is 5.26 Å². The van der Waals surface area contributed by atoms with Gasteiger partial charge in [0.25, 0.3) is 0 Å². The van der Waals surface area contributed by atoms with Crippen molar-refractivity contribution in [3.8, 4) is 17.6 Å². The average Bonchev–Trinajstić information content (AvgIpc) is 2.70. The zero-order valence-corrected chi connectivity index (χ0v) is 14.9. The van der Waals surface area contributed by atoms with Gasteiger partial charge in [0.2, 0.25) is 5.69 Å². The lowest BCUT2D eigenvalue weighted by atomic mass is 9.83. The molecule has 0 saturated carbocycles. The molecule has 26 heavy (non-hydrogen) atoms. The Morgan fingerprint density at radius 1 is 1.23 bits per heavy atom. The van der Waals surface area contributed by atoms with Crippen LogP contribution in [0.5, 0.6) is 11.5 Å². The summed E-state index contributed by atoms with van der Waals surface area (Å²) >= 11 is 0. The fourth-order valence-electron chi connectivity index (χ4n) is 4.21. The largest absolute Gasteiger partial charge is 0.508 e. The highest BCUT2D eigenvalue weighted by atomic mass is 16.5. The summed E-state index contributed by atoms with van der Waals surface area (Å²) in [4.78, 5) is 6.06. The molecule has 0 bridgehead atoms. The summed E-state index contributed by atoms with van der Waals surface area (Å²) in [5, 5.41) is 9.34. The lowest BCUT2D eigenvalue weighted by molar-refractivity contribution is 0.158. The SMILES string of the molecule is [C-]#[N+]c1cc2c(cc1OC)CCN1Cc3c(ccc(C#N)c3OC)C[C@@H]21. The average molecular weight is 345 g/mol. The lowest BCUT2D eigenvalue weighted by Gasteiger charge is -2.42. The van der Waals surface area contributed by atoms with Crippen molar-refractivity contribution in [3.63, 3.8) is 0 Å². The first-order valence-corrected chi connectivity index (χ1v) is 8.61. The van der Waals surface area contributed by atoms with Gasteiger partial charge in [0.1, 0.15) is 17.6 Å². The third-order valence-corrected chi connectivity index (χ3v) is 5.49. The Labute approximate surface area is 153 Å². The summed E-state index contributed by atoms with van der Waals surface area (Å²) in [5.41, 5.74) is 5.97. The van der Waals surface area contributed by atoms with Crippen molar-refractivity contribution in [2.24, 2.45) is 0 Å². The molecule has 2 aromatic carbocycles. The van der Waals surface area contributed by atoms with Crippen LogP contribution < -0.4 is 9.47 Å². The van der Waals surface area contributed by atoms with Crippen LogP contribution in [-0.2, 0) is 19.4 Å². The van der Waals surface area contributed by atoms with Gasteiger partial charge in [-0.1, -0.05) is 6.07 Å². The van der Waals surface area contributed by atoms with E-state index in [1.165, 1.54) is 16.7 Å². The van der Waals surface area contributed by atoms with E-state index in [-0.39, 0.29) is 6.04 Å². The first-order chi connectivity index (χ1) is 12.7. The zero-order chi connectivity index (χ0) is 18.3. The van der Waals surface area contributed by atoms with Crippen LogP contribution in [0.25, 0.3) is 4.85 Å². The molecule has 0 radical (unpaired) electrons. The van der Waals surface area contributed by atoms with E-state index in [9.17, 15) is 5.26 Å². The standard InChI is InChI=1S/C21H19N3O2/c1-23-18-10-16-14(9-20(18)25-2)6-7-24-12-17-13(8-19(16)24)4-5-15(11-22)21(17)26-3/h4-5,9-10,19H,6-8,12H2,2-3H3/t19-/m0/s1. The van der Waals surface area contributed by atoms with Crippen molar-refractivity contribution < 1.29 is 9.47 Å². The van der Waals surface area contributed by atoms with Crippen LogP contribution >= 0.6 is 0 Å². The van der Waals surface area contributed by atoms with Crippen molar-refractivity contribution in [1.82, 2.24) is 4.90 Å². The second-order valence-corrected chi connectivity index (χ2v) is 6.67. The highest BCUT2D eigenvalue weighted by Crippen LogP contribution is 2.44. The summed E-state index contributed by atoms with van der Waals surface area (Å²) in [6, 6.07) is 10.4. The number of rotatable bonds is 2. The fraction of sp³-hybridized carbons (Fsp3) is 0.333. The Kier molecular flexibility index (Phi) is 4.03. The number of hydrogen-bond donors (Lipinski definition) is 0. The first kappa shape index (κ1) is 16.4. The van der Waals surface area contributed by atoms with Gasteiger partial charge >= 0.3 is 0 Å². The maximum Gasteiger partial charge on any atom is 0.228 e. The second-order valence-electron chi connectivity index (χ2n) is 6.67. The van der Waals surface area contributed by atoms with Crippen LogP contribution in [0, 0.1) is 17.9 Å². The molecule has 2 aromatic rings. The Hall–Kier alpha value is -3.02. The van der Waals surface area contributed by atoms with Gasteiger partial charge in [-0.3, -0.25) is 4.90 Å². The molecule has 2 aliphatic heterocycles. The van der Waals surface area contributed by atoms with E-state index < -0.39 is 0 Å². The molecule has 0 unspecified atom stereocenters. The summed E-state index contributed by atoms with van der Waals surface area (Å²) < 4.78 is 10.9. The maximum absolute atomic E-state index is 9.34. The van der Waals surface area contributed by atoms with E-state index in [1.54, 1.807) is 14.2 Å². The second kappa shape index (κ2) is 6.37. The Bertz CT molecular complexity index is 969. The monoisotopic (exact) mass is 345 g/mol. The van der Waals surface area contributed by atoms with Gasteiger partial charge in [-0.15, -0.1) is 0 Å². The topological polar surface area (TPSA) is 49.8 Å². The molecule has 0 aromatic heterocycles. The van der Waals surface area contributed by atoms with Gasteiger partial charge in [0, 0.05) is 24.7 Å². The number of fused-ring (bicyclic) bond motifs is 4. The van der Waals surface area contributed by atoms with Crippen LogP contribution in [-0.4, -0.2) is 25.7 Å². The normalized spacial score (nSPS) is 17.9. The van der Waals surface area contributed by atoms with Gasteiger partial charge in [-0.05, 0) is 47.7 Å². The number of nitriles is 1. The molecule has 5 heteroatoms. The number of nitrogens with zero attached hydrogens (tertiary/aromatic N) is 3. The summed E-state index contributed by atoms with van der Waals surface area (Å²) in [6.45, 7) is 9.14. The molecule has 1 atom stereocenters. The molecule has 0 saturated heterocycles. The van der Waals surface area contributed by atoms with Gasteiger partial charge in [-0.2, -0.15) is 5.26 Å².